The zero-order chi connectivity index (χ0) is 14.7. The van der Waals surface area contributed by atoms with Gasteiger partial charge in [0, 0.05) is 5.69 Å². The highest BCUT2D eigenvalue weighted by Gasteiger charge is 2.17. The van der Waals surface area contributed by atoms with Gasteiger partial charge in [0.1, 0.15) is 11.4 Å². The van der Waals surface area contributed by atoms with Crippen LogP contribution in [0.1, 0.15) is 21.7 Å². The van der Waals surface area contributed by atoms with E-state index in [0.29, 0.717) is 6.54 Å². The maximum Gasteiger partial charge on any atom is 0.340 e. The number of nitrogens with zero attached hydrogens (tertiary/aromatic N) is 1. The zero-order valence-electron chi connectivity index (χ0n) is 10.9. The van der Waals surface area contributed by atoms with Gasteiger partial charge in [-0.25, -0.2) is 9.18 Å². The molecule has 4 N–H and O–H groups in total. The van der Waals surface area contributed by atoms with Crippen LogP contribution in [0.15, 0.2) is 30.3 Å². The molecular weight excluding hydrogens is 261 g/mol. The van der Waals surface area contributed by atoms with Crippen LogP contribution in [0.4, 0.5) is 15.8 Å². The lowest BCUT2D eigenvalue weighted by atomic mass is 10.1. The van der Waals surface area contributed by atoms with Gasteiger partial charge in [-0.2, -0.15) is 0 Å². The van der Waals surface area contributed by atoms with Gasteiger partial charge in [0.25, 0.3) is 0 Å². The molecule has 0 bridgehead atoms. The van der Waals surface area contributed by atoms with E-state index in [2.05, 4.69) is 10.3 Å². The van der Waals surface area contributed by atoms with E-state index in [9.17, 15) is 9.18 Å². The minimum absolute atomic E-state index is 0.264. The number of benzene rings is 1. The highest BCUT2D eigenvalue weighted by Crippen LogP contribution is 2.25. The van der Waals surface area contributed by atoms with Crippen molar-refractivity contribution in [3.05, 3.63) is 53.1 Å². The van der Waals surface area contributed by atoms with E-state index in [1.165, 1.54) is 6.07 Å². The fourth-order valence-corrected chi connectivity index (χ4v) is 1.86. The second-order valence-corrected chi connectivity index (χ2v) is 4.31. The van der Waals surface area contributed by atoms with Crippen LogP contribution in [0.5, 0.6) is 0 Å². The molecule has 0 aliphatic rings. The van der Waals surface area contributed by atoms with Gasteiger partial charge < -0.3 is 16.2 Å². The van der Waals surface area contributed by atoms with Gasteiger partial charge in [-0.05, 0) is 31.2 Å². The van der Waals surface area contributed by atoms with Crippen molar-refractivity contribution < 1.29 is 14.3 Å². The Balaban J connectivity index is 2.26. The quantitative estimate of drug-likeness (QED) is 0.746. The predicted molar refractivity (Wildman–Crippen MR) is 74.1 cm³/mol. The van der Waals surface area contributed by atoms with Crippen LogP contribution in [0.3, 0.4) is 0 Å². The predicted octanol–water partition coefficient (Wildman–Crippen LogP) is 2.42. The molecule has 1 aromatic carbocycles. The Labute approximate surface area is 115 Å². The van der Waals surface area contributed by atoms with E-state index in [-0.39, 0.29) is 16.9 Å². The third kappa shape index (κ3) is 2.85. The van der Waals surface area contributed by atoms with Crippen molar-refractivity contribution in [3.8, 4) is 0 Å². The lowest BCUT2D eigenvalue weighted by molar-refractivity contribution is 0.0698. The van der Waals surface area contributed by atoms with Crippen molar-refractivity contribution in [2.45, 2.75) is 13.5 Å². The second kappa shape index (κ2) is 5.56. The molecule has 5 nitrogen and oxygen atoms in total. The number of hydrogen-bond acceptors (Lipinski definition) is 4. The van der Waals surface area contributed by atoms with Crippen molar-refractivity contribution in [1.82, 2.24) is 4.98 Å². The third-order valence-electron chi connectivity index (χ3n) is 2.81. The number of halogens is 1. The first-order valence-electron chi connectivity index (χ1n) is 5.96. The number of nitrogen functional groups attached to an aromatic ring is 1. The van der Waals surface area contributed by atoms with Crippen molar-refractivity contribution in [2.75, 3.05) is 11.1 Å². The second-order valence-electron chi connectivity index (χ2n) is 4.31. The monoisotopic (exact) mass is 275 g/mol. The van der Waals surface area contributed by atoms with Crippen molar-refractivity contribution in [3.63, 3.8) is 0 Å². The molecule has 0 aliphatic heterocycles. The third-order valence-corrected chi connectivity index (χ3v) is 2.81. The number of carboxylic acids is 1. The van der Waals surface area contributed by atoms with Gasteiger partial charge >= 0.3 is 5.97 Å². The summed E-state index contributed by atoms with van der Waals surface area (Å²) in [5, 5.41) is 12.0. The first kappa shape index (κ1) is 13.8. The number of rotatable bonds is 4. The molecular formula is C14H14FN3O2. The SMILES string of the molecule is Cc1cccc(CNc2ccc(F)c(N)c2C(=O)O)n1. The molecule has 6 heteroatoms. The molecule has 0 atom stereocenters. The van der Waals surface area contributed by atoms with E-state index in [1.54, 1.807) is 0 Å². The average molecular weight is 275 g/mol. The number of carbonyl (C=O) groups is 1. The van der Waals surface area contributed by atoms with E-state index in [0.717, 1.165) is 17.5 Å². The van der Waals surface area contributed by atoms with Gasteiger partial charge in [0.2, 0.25) is 0 Å². The molecule has 104 valence electrons. The number of pyridine rings is 1. The van der Waals surface area contributed by atoms with E-state index in [4.69, 9.17) is 10.8 Å². The molecule has 0 amide bonds. The van der Waals surface area contributed by atoms with Gasteiger partial charge in [-0.1, -0.05) is 6.07 Å². The van der Waals surface area contributed by atoms with E-state index < -0.39 is 11.8 Å². The maximum absolute atomic E-state index is 13.3. The van der Waals surface area contributed by atoms with Crippen LogP contribution in [0, 0.1) is 12.7 Å². The Morgan fingerprint density at radius 3 is 2.80 bits per heavy atom. The summed E-state index contributed by atoms with van der Waals surface area (Å²) in [6.07, 6.45) is 0. The number of carboxylic acid groups (broad SMARTS) is 1. The van der Waals surface area contributed by atoms with Crippen LogP contribution < -0.4 is 11.1 Å². The molecule has 2 aromatic rings. The summed E-state index contributed by atoms with van der Waals surface area (Å²) in [6.45, 7) is 2.19. The van der Waals surface area contributed by atoms with E-state index in [1.807, 2.05) is 25.1 Å². The average Bonchev–Trinajstić information content (AvgIpc) is 2.39. The summed E-state index contributed by atoms with van der Waals surface area (Å²) >= 11 is 0. The standard InChI is InChI=1S/C14H14FN3O2/c1-8-3-2-4-9(18-8)7-17-11-6-5-10(15)13(16)12(11)14(19)20/h2-6,17H,7,16H2,1H3,(H,19,20). The van der Waals surface area contributed by atoms with Crippen LogP contribution in [0.25, 0.3) is 0 Å². The fraction of sp³-hybridized carbons (Fsp3) is 0.143. The number of nitrogens with two attached hydrogens (primary N) is 1. The Morgan fingerprint density at radius 1 is 1.40 bits per heavy atom. The Hall–Kier alpha value is -2.63. The zero-order valence-corrected chi connectivity index (χ0v) is 10.9. The summed E-state index contributed by atoms with van der Waals surface area (Å²) in [4.78, 5) is 15.4. The summed E-state index contributed by atoms with van der Waals surface area (Å²) < 4.78 is 13.3. The van der Waals surface area contributed by atoms with Crippen LogP contribution in [-0.2, 0) is 6.54 Å². The summed E-state index contributed by atoms with van der Waals surface area (Å²) in [7, 11) is 0. The van der Waals surface area contributed by atoms with Gasteiger partial charge in [0.05, 0.1) is 23.6 Å². The number of aromatic nitrogens is 1. The molecule has 0 saturated carbocycles. The van der Waals surface area contributed by atoms with Crippen LogP contribution in [-0.4, -0.2) is 16.1 Å². The minimum Gasteiger partial charge on any atom is -0.478 e. The van der Waals surface area contributed by atoms with Gasteiger partial charge in [-0.15, -0.1) is 0 Å². The Morgan fingerprint density at radius 2 is 2.15 bits per heavy atom. The van der Waals surface area contributed by atoms with Crippen molar-refractivity contribution in [1.29, 1.82) is 0 Å². The first-order chi connectivity index (χ1) is 9.49. The Bertz CT molecular complexity index is 659. The first-order valence-corrected chi connectivity index (χ1v) is 5.96. The molecule has 1 aromatic heterocycles. The topological polar surface area (TPSA) is 88.2 Å². The number of aryl methyl sites for hydroxylation is 1. The summed E-state index contributed by atoms with van der Waals surface area (Å²) in [5.41, 5.74) is 6.70. The number of hydrogen-bond donors (Lipinski definition) is 3. The smallest absolute Gasteiger partial charge is 0.340 e. The number of aromatic carboxylic acids is 1. The molecule has 0 spiro atoms. The number of nitrogens with one attached hydrogen (secondary N) is 1. The van der Waals surface area contributed by atoms with Gasteiger partial charge in [0.15, 0.2) is 0 Å². The molecule has 0 radical (unpaired) electrons. The molecule has 1 heterocycles. The summed E-state index contributed by atoms with van der Waals surface area (Å²) in [5.74, 6) is -2.02. The highest BCUT2D eigenvalue weighted by atomic mass is 19.1. The lowest BCUT2D eigenvalue weighted by Gasteiger charge is -2.12. The van der Waals surface area contributed by atoms with Crippen LogP contribution >= 0.6 is 0 Å². The molecule has 0 unspecified atom stereocenters. The van der Waals surface area contributed by atoms with Gasteiger partial charge in [-0.3, -0.25) is 4.98 Å². The lowest BCUT2D eigenvalue weighted by Crippen LogP contribution is -2.11. The van der Waals surface area contributed by atoms with Crippen molar-refractivity contribution in [2.24, 2.45) is 0 Å². The largest absolute Gasteiger partial charge is 0.478 e. The summed E-state index contributed by atoms with van der Waals surface area (Å²) in [6, 6.07) is 8.02. The molecule has 0 fully saturated rings. The van der Waals surface area contributed by atoms with Crippen LogP contribution in [0.2, 0.25) is 0 Å². The molecule has 2 rings (SSSR count). The molecule has 0 aliphatic carbocycles. The fourth-order valence-electron chi connectivity index (χ4n) is 1.86. The number of anilines is 2. The molecule has 20 heavy (non-hydrogen) atoms. The van der Waals surface area contributed by atoms with Crippen molar-refractivity contribution >= 4 is 17.3 Å². The van der Waals surface area contributed by atoms with E-state index >= 15 is 0 Å². The minimum atomic E-state index is -1.28. The normalized spacial score (nSPS) is 10.3. The maximum atomic E-state index is 13.3. The molecule has 0 saturated heterocycles. The highest BCUT2D eigenvalue weighted by molar-refractivity contribution is 6.00. The Kier molecular flexibility index (Phi) is 3.84.